The van der Waals surface area contributed by atoms with Crippen molar-refractivity contribution in [3.8, 4) is 17.5 Å². The molecule has 0 amide bonds. The van der Waals surface area contributed by atoms with Gasteiger partial charge in [0.2, 0.25) is 0 Å². The van der Waals surface area contributed by atoms with Gasteiger partial charge in [-0.05, 0) is 25.1 Å². The fourth-order valence-electron chi connectivity index (χ4n) is 2.33. The van der Waals surface area contributed by atoms with E-state index < -0.39 is 0 Å². The lowest BCUT2D eigenvalue weighted by molar-refractivity contribution is 0.756. The summed E-state index contributed by atoms with van der Waals surface area (Å²) in [4.78, 5) is 4.62. The van der Waals surface area contributed by atoms with Gasteiger partial charge < -0.3 is 4.57 Å². The summed E-state index contributed by atoms with van der Waals surface area (Å²) >= 11 is 0. The fraction of sp³-hybridized carbons (Fsp3) is 0.214. The van der Waals surface area contributed by atoms with Crippen molar-refractivity contribution in [1.29, 1.82) is 5.26 Å². The van der Waals surface area contributed by atoms with E-state index in [1.807, 2.05) is 50.0 Å². The SMILES string of the molecule is Cc1nn(C)cc1-c1nc2cc(C#N)ccc2n1C. The summed E-state index contributed by atoms with van der Waals surface area (Å²) in [5.74, 6) is 0.871. The van der Waals surface area contributed by atoms with Crippen molar-refractivity contribution in [1.82, 2.24) is 19.3 Å². The van der Waals surface area contributed by atoms with Crippen LogP contribution in [0.3, 0.4) is 0 Å². The molecule has 2 aromatic heterocycles. The van der Waals surface area contributed by atoms with Crippen molar-refractivity contribution < 1.29 is 0 Å². The van der Waals surface area contributed by atoms with Gasteiger partial charge in [0.05, 0.1) is 33.9 Å². The molecule has 0 radical (unpaired) electrons. The molecule has 3 aromatic rings. The average Bonchev–Trinajstić information content (AvgIpc) is 2.89. The fourth-order valence-corrected chi connectivity index (χ4v) is 2.33. The highest BCUT2D eigenvalue weighted by Crippen LogP contribution is 2.25. The molecule has 0 spiro atoms. The zero-order valence-corrected chi connectivity index (χ0v) is 11.0. The maximum absolute atomic E-state index is 8.94. The van der Waals surface area contributed by atoms with Crippen LogP contribution in [-0.2, 0) is 14.1 Å². The van der Waals surface area contributed by atoms with Crippen LogP contribution >= 0.6 is 0 Å². The number of nitrogens with zero attached hydrogens (tertiary/aromatic N) is 5. The molecule has 0 atom stereocenters. The van der Waals surface area contributed by atoms with Crippen LogP contribution in [0.25, 0.3) is 22.4 Å². The summed E-state index contributed by atoms with van der Waals surface area (Å²) in [5.41, 5.74) is 4.43. The second-order valence-electron chi connectivity index (χ2n) is 4.61. The van der Waals surface area contributed by atoms with E-state index in [1.165, 1.54) is 0 Å². The maximum atomic E-state index is 8.94. The molecule has 3 rings (SSSR count). The molecule has 1 aromatic carbocycles. The number of hydrogen-bond acceptors (Lipinski definition) is 3. The lowest BCUT2D eigenvalue weighted by Crippen LogP contribution is -1.92. The molecule has 0 aliphatic heterocycles. The molecule has 0 N–H and O–H groups in total. The third-order valence-corrected chi connectivity index (χ3v) is 3.26. The van der Waals surface area contributed by atoms with Crippen molar-refractivity contribution in [3.63, 3.8) is 0 Å². The molecule has 0 fully saturated rings. The van der Waals surface area contributed by atoms with Gasteiger partial charge in [0.15, 0.2) is 0 Å². The van der Waals surface area contributed by atoms with Crippen molar-refractivity contribution in [3.05, 3.63) is 35.7 Å². The van der Waals surface area contributed by atoms with Crippen LogP contribution in [0.4, 0.5) is 0 Å². The molecule has 94 valence electrons. The van der Waals surface area contributed by atoms with Gasteiger partial charge in [-0.1, -0.05) is 0 Å². The average molecular weight is 251 g/mol. The maximum Gasteiger partial charge on any atom is 0.144 e. The second kappa shape index (κ2) is 3.95. The number of benzene rings is 1. The number of nitriles is 1. The molecule has 0 saturated carbocycles. The highest BCUT2D eigenvalue weighted by molar-refractivity contribution is 5.82. The monoisotopic (exact) mass is 251 g/mol. The van der Waals surface area contributed by atoms with E-state index in [0.717, 1.165) is 28.1 Å². The van der Waals surface area contributed by atoms with Crippen LogP contribution in [0.15, 0.2) is 24.4 Å². The molecular formula is C14H13N5. The Balaban J connectivity index is 2.28. The Bertz CT molecular complexity index is 816. The van der Waals surface area contributed by atoms with Crippen molar-refractivity contribution in [2.75, 3.05) is 0 Å². The van der Waals surface area contributed by atoms with E-state index in [1.54, 1.807) is 4.68 Å². The number of hydrogen-bond donors (Lipinski definition) is 0. The standard InChI is InChI=1S/C14H13N5/c1-9-11(8-18(2)17-9)14-16-12-6-10(7-15)4-5-13(12)19(14)3/h4-6,8H,1-3H3. The molecule has 0 aliphatic carbocycles. The zero-order valence-electron chi connectivity index (χ0n) is 11.0. The van der Waals surface area contributed by atoms with Crippen LogP contribution in [0.2, 0.25) is 0 Å². The molecule has 2 heterocycles. The highest BCUT2D eigenvalue weighted by Gasteiger charge is 2.14. The smallest absolute Gasteiger partial charge is 0.144 e. The largest absolute Gasteiger partial charge is 0.327 e. The van der Waals surface area contributed by atoms with Gasteiger partial charge in [0.1, 0.15) is 5.82 Å². The van der Waals surface area contributed by atoms with E-state index in [9.17, 15) is 0 Å². The summed E-state index contributed by atoms with van der Waals surface area (Å²) in [6.07, 6.45) is 1.96. The molecule has 0 saturated heterocycles. The number of aryl methyl sites for hydroxylation is 3. The van der Waals surface area contributed by atoms with E-state index in [0.29, 0.717) is 5.56 Å². The van der Waals surface area contributed by atoms with E-state index in [4.69, 9.17) is 5.26 Å². The van der Waals surface area contributed by atoms with Crippen molar-refractivity contribution in [2.45, 2.75) is 6.92 Å². The highest BCUT2D eigenvalue weighted by atomic mass is 15.3. The van der Waals surface area contributed by atoms with Crippen LogP contribution in [0, 0.1) is 18.3 Å². The van der Waals surface area contributed by atoms with Crippen molar-refractivity contribution >= 4 is 11.0 Å². The normalized spacial score (nSPS) is 10.8. The summed E-state index contributed by atoms with van der Waals surface area (Å²) in [7, 11) is 3.87. The van der Waals surface area contributed by atoms with Gasteiger partial charge >= 0.3 is 0 Å². The van der Waals surface area contributed by atoms with Gasteiger partial charge in [0, 0.05) is 20.3 Å². The lowest BCUT2D eigenvalue weighted by atomic mass is 10.2. The van der Waals surface area contributed by atoms with Crippen LogP contribution in [-0.4, -0.2) is 19.3 Å². The topological polar surface area (TPSA) is 59.4 Å². The number of rotatable bonds is 1. The van der Waals surface area contributed by atoms with Gasteiger partial charge in [-0.25, -0.2) is 4.98 Å². The first-order valence-electron chi connectivity index (χ1n) is 5.97. The Hall–Kier alpha value is -2.61. The number of aromatic nitrogens is 4. The second-order valence-corrected chi connectivity index (χ2v) is 4.61. The Morgan fingerprint density at radius 3 is 2.68 bits per heavy atom. The minimum absolute atomic E-state index is 0.625. The van der Waals surface area contributed by atoms with Gasteiger partial charge in [-0.3, -0.25) is 4.68 Å². The third kappa shape index (κ3) is 1.69. The third-order valence-electron chi connectivity index (χ3n) is 3.26. The first-order chi connectivity index (χ1) is 9.10. The molecule has 0 unspecified atom stereocenters. The zero-order chi connectivity index (χ0) is 13.6. The van der Waals surface area contributed by atoms with Gasteiger partial charge in [-0.2, -0.15) is 10.4 Å². The first-order valence-corrected chi connectivity index (χ1v) is 5.97. The summed E-state index contributed by atoms with van der Waals surface area (Å²) in [5, 5.41) is 13.3. The summed E-state index contributed by atoms with van der Waals surface area (Å²) in [6, 6.07) is 7.68. The minimum atomic E-state index is 0.625. The Morgan fingerprint density at radius 1 is 1.26 bits per heavy atom. The summed E-state index contributed by atoms with van der Waals surface area (Å²) in [6.45, 7) is 1.97. The quantitative estimate of drug-likeness (QED) is 0.665. The molecule has 0 bridgehead atoms. The summed E-state index contributed by atoms with van der Waals surface area (Å²) < 4.78 is 3.81. The molecule has 0 aliphatic rings. The van der Waals surface area contributed by atoms with E-state index in [-0.39, 0.29) is 0 Å². The van der Waals surface area contributed by atoms with E-state index >= 15 is 0 Å². The van der Waals surface area contributed by atoms with Gasteiger partial charge in [0.25, 0.3) is 0 Å². The lowest BCUT2D eigenvalue weighted by Gasteiger charge is -2.00. The predicted molar refractivity (Wildman–Crippen MR) is 72.4 cm³/mol. The Kier molecular flexibility index (Phi) is 2.39. The molecule has 5 nitrogen and oxygen atoms in total. The Labute approximate surface area is 110 Å². The van der Waals surface area contributed by atoms with Crippen molar-refractivity contribution in [2.24, 2.45) is 14.1 Å². The van der Waals surface area contributed by atoms with E-state index in [2.05, 4.69) is 16.2 Å². The molecule has 19 heavy (non-hydrogen) atoms. The first kappa shape index (κ1) is 11.5. The minimum Gasteiger partial charge on any atom is -0.327 e. The number of imidazole rings is 1. The van der Waals surface area contributed by atoms with Crippen LogP contribution in [0.5, 0.6) is 0 Å². The van der Waals surface area contributed by atoms with Crippen LogP contribution < -0.4 is 0 Å². The molecule has 5 heteroatoms. The Morgan fingerprint density at radius 2 is 2.05 bits per heavy atom. The van der Waals surface area contributed by atoms with Gasteiger partial charge in [-0.15, -0.1) is 0 Å². The number of fused-ring (bicyclic) bond motifs is 1. The molecular weight excluding hydrogens is 238 g/mol. The predicted octanol–water partition coefficient (Wildman–Crippen LogP) is 2.15. The van der Waals surface area contributed by atoms with Crippen LogP contribution in [0.1, 0.15) is 11.3 Å².